The summed E-state index contributed by atoms with van der Waals surface area (Å²) in [7, 11) is 0. The van der Waals surface area contributed by atoms with Crippen molar-refractivity contribution in [3.05, 3.63) is 0 Å². The third-order valence-corrected chi connectivity index (χ3v) is 2.82. The van der Waals surface area contributed by atoms with E-state index < -0.39 is 0 Å². The van der Waals surface area contributed by atoms with E-state index in [1.165, 1.54) is 12.8 Å². The molecule has 2 heteroatoms. The number of nitrogens with one attached hydrogen (secondary N) is 1. The molecule has 1 saturated heterocycles. The number of hydrogen-bond donors (Lipinski definition) is 1. The maximum absolute atomic E-state index is 11.8. The van der Waals surface area contributed by atoms with Crippen molar-refractivity contribution < 1.29 is 4.79 Å². The number of rotatable bonds is 3. The molecule has 0 aliphatic carbocycles. The monoisotopic (exact) mass is 197 g/mol. The molecule has 0 amide bonds. The van der Waals surface area contributed by atoms with Crippen LogP contribution in [-0.4, -0.2) is 18.4 Å². The van der Waals surface area contributed by atoms with Crippen molar-refractivity contribution in [2.45, 2.75) is 58.9 Å². The van der Waals surface area contributed by atoms with Crippen LogP contribution in [0.4, 0.5) is 0 Å². The van der Waals surface area contributed by atoms with Gasteiger partial charge in [0.2, 0.25) is 0 Å². The highest BCUT2D eigenvalue weighted by Gasteiger charge is 2.21. The first-order valence-electron chi connectivity index (χ1n) is 5.75. The largest absolute Gasteiger partial charge is 0.307 e. The van der Waals surface area contributed by atoms with Gasteiger partial charge in [0.1, 0.15) is 5.78 Å². The molecule has 1 atom stereocenters. The van der Waals surface area contributed by atoms with Gasteiger partial charge in [-0.2, -0.15) is 0 Å². The predicted octanol–water partition coefficient (Wildman–Crippen LogP) is 2.52. The summed E-state index contributed by atoms with van der Waals surface area (Å²) in [5.41, 5.74) is 0.282. The lowest BCUT2D eigenvalue weighted by Gasteiger charge is -2.24. The van der Waals surface area contributed by atoms with E-state index in [0.717, 1.165) is 25.8 Å². The molecule has 1 heterocycles. The Balaban J connectivity index is 2.27. The fourth-order valence-corrected chi connectivity index (χ4v) is 1.80. The summed E-state index contributed by atoms with van der Waals surface area (Å²) in [6.45, 7) is 7.59. The van der Waals surface area contributed by atoms with Crippen LogP contribution in [0.5, 0.6) is 0 Å². The van der Waals surface area contributed by atoms with Crippen molar-refractivity contribution in [3.8, 4) is 0 Å². The van der Waals surface area contributed by atoms with Crippen LogP contribution < -0.4 is 5.32 Å². The third-order valence-electron chi connectivity index (χ3n) is 2.82. The zero-order valence-corrected chi connectivity index (χ0v) is 9.73. The van der Waals surface area contributed by atoms with E-state index in [0.29, 0.717) is 5.78 Å². The second kappa shape index (κ2) is 4.92. The van der Waals surface area contributed by atoms with E-state index in [1.807, 2.05) is 0 Å². The summed E-state index contributed by atoms with van der Waals surface area (Å²) in [5.74, 6) is 0.416. The van der Waals surface area contributed by atoms with Crippen molar-refractivity contribution in [1.29, 1.82) is 0 Å². The molecular weight excluding hydrogens is 174 g/mol. The van der Waals surface area contributed by atoms with Crippen molar-refractivity contribution in [2.24, 2.45) is 5.41 Å². The molecule has 1 aliphatic rings. The first kappa shape index (κ1) is 11.7. The van der Waals surface area contributed by atoms with Crippen LogP contribution >= 0.6 is 0 Å². The summed E-state index contributed by atoms with van der Waals surface area (Å²) in [4.78, 5) is 11.8. The number of hydrogen-bond acceptors (Lipinski definition) is 2. The van der Waals surface area contributed by atoms with Crippen LogP contribution in [0.15, 0.2) is 0 Å². The van der Waals surface area contributed by atoms with Gasteiger partial charge in [-0.05, 0) is 31.2 Å². The highest BCUT2D eigenvalue weighted by Crippen LogP contribution is 2.22. The Labute approximate surface area is 87.5 Å². The van der Waals surface area contributed by atoms with Gasteiger partial charge in [-0.15, -0.1) is 0 Å². The van der Waals surface area contributed by atoms with Crippen LogP contribution in [-0.2, 0) is 4.79 Å². The van der Waals surface area contributed by atoms with Gasteiger partial charge in [-0.25, -0.2) is 0 Å². The minimum absolute atomic E-state index is 0.158. The summed E-state index contributed by atoms with van der Waals surface area (Å²) in [6.07, 6.45) is 5.22. The number of Topliss-reactive ketones (excluding diaryl/α,β-unsaturated/α-hetero) is 1. The second-order valence-electron chi connectivity index (χ2n) is 5.53. The Morgan fingerprint density at radius 3 is 2.57 bits per heavy atom. The van der Waals surface area contributed by atoms with Gasteiger partial charge >= 0.3 is 0 Å². The van der Waals surface area contributed by atoms with E-state index in [-0.39, 0.29) is 11.5 Å². The molecule has 1 aliphatic heterocycles. The van der Waals surface area contributed by atoms with Gasteiger partial charge in [-0.3, -0.25) is 4.79 Å². The minimum atomic E-state index is 0.158. The summed E-state index contributed by atoms with van der Waals surface area (Å²) >= 11 is 0. The van der Waals surface area contributed by atoms with Crippen molar-refractivity contribution in [3.63, 3.8) is 0 Å². The SMILES string of the molecule is CC(C)(C)CCC(=O)C1CCCCN1. The van der Waals surface area contributed by atoms with Gasteiger partial charge in [0, 0.05) is 6.42 Å². The predicted molar refractivity (Wildman–Crippen MR) is 59.3 cm³/mol. The Bertz CT molecular complexity index is 187. The first-order valence-corrected chi connectivity index (χ1v) is 5.75. The average Bonchev–Trinajstić information content (AvgIpc) is 2.14. The summed E-state index contributed by atoms with van der Waals surface area (Å²) in [5, 5.41) is 3.31. The molecule has 2 nitrogen and oxygen atoms in total. The van der Waals surface area contributed by atoms with Crippen molar-refractivity contribution in [1.82, 2.24) is 5.32 Å². The lowest BCUT2D eigenvalue weighted by Crippen LogP contribution is -2.40. The number of ketones is 1. The molecule has 0 radical (unpaired) electrons. The van der Waals surface area contributed by atoms with Gasteiger partial charge in [0.05, 0.1) is 6.04 Å². The minimum Gasteiger partial charge on any atom is -0.307 e. The molecular formula is C12H23NO. The van der Waals surface area contributed by atoms with E-state index >= 15 is 0 Å². The number of carbonyl (C=O) groups is 1. The number of piperidine rings is 1. The lowest BCUT2D eigenvalue weighted by molar-refractivity contribution is -0.122. The van der Waals surface area contributed by atoms with E-state index in [9.17, 15) is 4.79 Å². The molecule has 0 spiro atoms. The molecule has 0 aromatic carbocycles. The van der Waals surface area contributed by atoms with Crippen molar-refractivity contribution in [2.75, 3.05) is 6.54 Å². The highest BCUT2D eigenvalue weighted by molar-refractivity contribution is 5.84. The summed E-state index contributed by atoms with van der Waals surface area (Å²) in [6, 6.07) is 0.158. The molecule has 0 aromatic heterocycles. The maximum atomic E-state index is 11.8. The first-order chi connectivity index (χ1) is 6.49. The normalized spacial score (nSPS) is 23.5. The lowest BCUT2D eigenvalue weighted by atomic mass is 9.87. The highest BCUT2D eigenvalue weighted by atomic mass is 16.1. The zero-order valence-electron chi connectivity index (χ0n) is 9.73. The second-order valence-corrected chi connectivity index (χ2v) is 5.53. The Morgan fingerprint density at radius 2 is 2.07 bits per heavy atom. The molecule has 82 valence electrons. The molecule has 14 heavy (non-hydrogen) atoms. The third kappa shape index (κ3) is 4.23. The van der Waals surface area contributed by atoms with Crippen LogP contribution in [0.1, 0.15) is 52.9 Å². The smallest absolute Gasteiger partial charge is 0.149 e. The van der Waals surface area contributed by atoms with E-state index in [2.05, 4.69) is 26.1 Å². The summed E-state index contributed by atoms with van der Waals surface area (Å²) < 4.78 is 0. The molecule has 0 bridgehead atoms. The molecule has 1 rings (SSSR count). The van der Waals surface area contributed by atoms with Crippen molar-refractivity contribution >= 4 is 5.78 Å². The van der Waals surface area contributed by atoms with Gasteiger partial charge < -0.3 is 5.32 Å². The Kier molecular flexibility index (Phi) is 4.11. The molecule has 1 N–H and O–H groups in total. The van der Waals surface area contributed by atoms with Gasteiger partial charge in [0.25, 0.3) is 0 Å². The zero-order chi connectivity index (χ0) is 10.6. The van der Waals surface area contributed by atoms with Crippen LogP contribution in [0.3, 0.4) is 0 Å². The average molecular weight is 197 g/mol. The molecule has 0 saturated carbocycles. The fraction of sp³-hybridized carbons (Fsp3) is 0.917. The quantitative estimate of drug-likeness (QED) is 0.753. The van der Waals surface area contributed by atoms with E-state index in [4.69, 9.17) is 0 Å². The van der Waals surface area contributed by atoms with Crippen LogP contribution in [0, 0.1) is 5.41 Å². The Hall–Kier alpha value is -0.370. The van der Waals surface area contributed by atoms with Gasteiger partial charge in [0.15, 0.2) is 0 Å². The van der Waals surface area contributed by atoms with Gasteiger partial charge in [-0.1, -0.05) is 27.2 Å². The molecule has 0 aromatic rings. The molecule has 1 fully saturated rings. The van der Waals surface area contributed by atoms with Crippen LogP contribution in [0.25, 0.3) is 0 Å². The van der Waals surface area contributed by atoms with E-state index in [1.54, 1.807) is 0 Å². The number of carbonyl (C=O) groups excluding carboxylic acids is 1. The Morgan fingerprint density at radius 1 is 1.36 bits per heavy atom. The standard InChI is InChI=1S/C12H23NO/c1-12(2,3)8-7-11(14)10-6-4-5-9-13-10/h10,13H,4-9H2,1-3H3. The maximum Gasteiger partial charge on any atom is 0.149 e. The fourth-order valence-electron chi connectivity index (χ4n) is 1.80. The molecule has 1 unspecified atom stereocenters. The van der Waals surface area contributed by atoms with Crippen LogP contribution in [0.2, 0.25) is 0 Å². The topological polar surface area (TPSA) is 29.1 Å².